The highest BCUT2D eigenvalue weighted by molar-refractivity contribution is 8.13. The van der Waals surface area contributed by atoms with Gasteiger partial charge in [-0.15, -0.1) is 0 Å². The van der Waals surface area contributed by atoms with E-state index in [-0.39, 0.29) is 23.4 Å². The Balaban J connectivity index is 1.20. The number of benzene rings is 2. The molecule has 11 heteroatoms. The van der Waals surface area contributed by atoms with Crippen LogP contribution in [-0.2, 0) is 20.6 Å². The van der Waals surface area contributed by atoms with E-state index in [9.17, 15) is 4.79 Å². The minimum Gasteiger partial charge on any atom is -0.491 e. The zero-order valence-corrected chi connectivity index (χ0v) is 34.3. The molecule has 9 nitrogen and oxygen atoms in total. The summed E-state index contributed by atoms with van der Waals surface area (Å²) in [5.74, 6) is 6.43. The lowest BCUT2D eigenvalue weighted by Crippen LogP contribution is -2.59. The van der Waals surface area contributed by atoms with Gasteiger partial charge in [-0.25, -0.2) is 0 Å². The molecule has 2 aromatic rings. The van der Waals surface area contributed by atoms with Crippen molar-refractivity contribution >= 4 is 39.7 Å². The number of piperazine rings is 1. The van der Waals surface area contributed by atoms with Crippen molar-refractivity contribution < 1.29 is 23.7 Å². The second-order valence-electron chi connectivity index (χ2n) is 16.2. The van der Waals surface area contributed by atoms with Gasteiger partial charge < -0.3 is 28.6 Å². The van der Waals surface area contributed by atoms with Gasteiger partial charge in [0.25, 0.3) is 5.91 Å². The van der Waals surface area contributed by atoms with Crippen molar-refractivity contribution in [3.8, 4) is 5.75 Å². The number of halogens is 1. The number of hydrogen-bond acceptors (Lipinski definition) is 8. The number of anilines is 1. The number of fused-ring (bicyclic) bond motifs is 2. The highest BCUT2D eigenvalue weighted by Crippen LogP contribution is 2.47. The van der Waals surface area contributed by atoms with Gasteiger partial charge in [-0.2, -0.15) is 0 Å². The Hall–Kier alpha value is -2.44. The maximum absolute atomic E-state index is 13.8. The largest absolute Gasteiger partial charge is 0.491 e. The number of methoxy groups -OCH3 is 1. The molecule has 296 valence electrons. The smallest absolute Gasteiger partial charge is 0.260 e. The van der Waals surface area contributed by atoms with Crippen molar-refractivity contribution in [2.45, 2.75) is 75.9 Å². The molecule has 4 aliphatic heterocycles. The number of nitrogens with zero attached hydrogens (tertiary/aromatic N) is 3. The molecule has 2 aromatic carbocycles. The third-order valence-electron chi connectivity index (χ3n) is 12.8. The van der Waals surface area contributed by atoms with Crippen LogP contribution in [0.25, 0.3) is 0 Å². The van der Waals surface area contributed by atoms with Crippen LogP contribution < -0.4 is 14.4 Å². The maximum Gasteiger partial charge on any atom is 0.260 e. The van der Waals surface area contributed by atoms with Crippen molar-refractivity contribution in [2.75, 3.05) is 84.2 Å². The van der Waals surface area contributed by atoms with E-state index in [0.717, 1.165) is 101 Å². The summed E-state index contributed by atoms with van der Waals surface area (Å²) in [4.78, 5) is 21.4. The minimum atomic E-state index is -0.555. The SMILES string of the molecule is C=S1NC(=O)c2ccc3c(c2)N(CC(c2ccc(Cl)cc2CCC)CO3)CC2CCC2C(CN2CCN(CC3OCCO3)CC2)(OC)/C=C/CC(C)C1C. The van der Waals surface area contributed by atoms with E-state index >= 15 is 0 Å². The summed E-state index contributed by atoms with van der Waals surface area (Å²) in [5.41, 5.74) is 3.81. The first-order valence-electron chi connectivity index (χ1n) is 20.2. The first-order valence-corrected chi connectivity index (χ1v) is 22.0. The van der Waals surface area contributed by atoms with Crippen molar-refractivity contribution in [3.63, 3.8) is 0 Å². The van der Waals surface area contributed by atoms with Crippen LogP contribution in [0.15, 0.2) is 48.6 Å². The number of hydrogen-bond donors (Lipinski definition) is 1. The lowest BCUT2D eigenvalue weighted by Gasteiger charge is -2.52. The zero-order chi connectivity index (χ0) is 37.8. The van der Waals surface area contributed by atoms with E-state index in [4.69, 9.17) is 30.5 Å². The molecule has 3 fully saturated rings. The Bertz CT molecular complexity index is 1660. The summed E-state index contributed by atoms with van der Waals surface area (Å²) < 4.78 is 28.2. The molecule has 5 aliphatic rings. The van der Waals surface area contributed by atoms with Crippen LogP contribution in [0, 0.1) is 17.8 Å². The van der Waals surface area contributed by atoms with Crippen LogP contribution in [-0.4, -0.2) is 118 Å². The van der Waals surface area contributed by atoms with Crippen LogP contribution in [0.1, 0.15) is 73.9 Å². The highest BCUT2D eigenvalue weighted by Gasteiger charge is 2.48. The fourth-order valence-corrected chi connectivity index (χ4v) is 10.6. The van der Waals surface area contributed by atoms with E-state index in [2.05, 4.69) is 76.4 Å². The average Bonchev–Trinajstić information content (AvgIpc) is 3.60. The van der Waals surface area contributed by atoms with Gasteiger partial charge in [0.2, 0.25) is 0 Å². The summed E-state index contributed by atoms with van der Waals surface area (Å²) in [5, 5.41) is 0.979. The third kappa shape index (κ3) is 8.90. The van der Waals surface area contributed by atoms with Crippen LogP contribution >= 0.6 is 22.3 Å². The van der Waals surface area contributed by atoms with Crippen LogP contribution in [0.2, 0.25) is 5.02 Å². The van der Waals surface area contributed by atoms with Crippen molar-refractivity contribution in [1.82, 2.24) is 14.5 Å². The van der Waals surface area contributed by atoms with Gasteiger partial charge in [0.05, 0.1) is 25.5 Å². The molecule has 0 spiro atoms. The van der Waals surface area contributed by atoms with Gasteiger partial charge in [-0.1, -0.05) is 73.6 Å². The van der Waals surface area contributed by atoms with Crippen LogP contribution in [0.3, 0.4) is 0 Å². The Morgan fingerprint density at radius 1 is 1.04 bits per heavy atom. The average molecular weight is 782 g/mol. The van der Waals surface area contributed by atoms with E-state index in [1.165, 1.54) is 11.1 Å². The lowest BCUT2D eigenvalue weighted by molar-refractivity contribution is -0.100. The number of allylic oxidation sites excluding steroid dienone is 1. The molecule has 54 heavy (non-hydrogen) atoms. The first kappa shape index (κ1) is 39.8. The van der Waals surface area contributed by atoms with E-state index in [0.29, 0.717) is 43.1 Å². The highest BCUT2D eigenvalue weighted by atomic mass is 35.5. The van der Waals surface area contributed by atoms with Crippen LogP contribution in [0.5, 0.6) is 5.75 Å². The van der Waals surface area contributed by atoms with Crippen molar-refractivity contribution in [2.24, 2.45) is 17.8 Å². The predicted molar refractivity (Wildman–Crippen MR) is 221 cm³/mol. The lowest BCUT2D eigenvalue weighted by atomic mass is 9.63. The molecule has 1 amide bonds. The molecule has 0 radical (unpaired) electrons. The number of carbonyl (C=O) groups excluding carboxylic acids is 1. The Labute approximate surface area is 330 Å². The fraction of sp³-hybridized carbons (Fsp3) is 0.628. The zero-order valence-electron chi connectivity index (χ0n) is 32.8. The number of carbonyl (C=O) groups is 1. The molecular formula is C43H61ClN4O5S. The monoisotopic (exact) mass is 780 g/mol. The Morgan fingerprint density at radius 3 is 2.54 bits per heavy atom. The number of rotatable bonds is 8. The van der Waals surface area contributed by atoms with E-state index in [1.54, 1.807) is 0 Å². The summed E-state index contributed by atoms with van der Waals surface area (Å²) in [6, 6.07) is 12.3. The number of amides is 1. The van der Waals surface area contributed by atoms with Gasteiger partial charge in [-0.3, -0.25) is 14.6 Å². The number of nitrogens with one attached hydrogen (secondary N) is 1. The molecule has 2 saturated heterocycles. The molecule has 4 heterocycles. The number of aryl methyl sites for hydroxylation is 1. The second kappa shape index (κ2) is 17.8. The standard InChI is InChI=1S/C43H61ClN4O5S/c1-6-8-32-23-36(44)12-13-37(32)35-26-48-25-34-10-14-38(34)43(50-4,29-47-19-17-46(18-20-47)27-41-51-21-22-52-41)16-7-9-30(2)31(3)54(5)45-42(49)33-11-15-40(53-28-35)39(48)24-33/h7,11-13,15-16,23-24,30-31,34-35,38,41H,5-6,8-10,14,17-22,25-29H2,1-4H3,(H,45,49)/b16-7+. The molecule has 7 rings (SSSR count). The quantitative estimate of drug-likeness (QED) is 0.227. The fourth-order valence-electron chi connectivity index (χ4n) is 9.17. The van der Waals surface area contributed by atoms with Gasteiger partial charge >= 0.3 is 0 Å². The third-order valence-corrected chi connectivity index (χ3v) is 14.8. The summed E-state index contributed by atoms with van der Waals surface area (Å²) in [6.07, 6.45) is 9.84. The van der Waals surface area contributed by atoms with Crippen molar-refractivity contribution in [1.29, 1.82) is 0 Å². The molecule has 1 N–H and O–H groups in total. The van der Waals surface area contributed by atoms with Crippen molar-refractivity contribution in [3.05, 3.63) is 70.3 Å². The predicted octanol–water partition coefficient (Wildman–Crippen LogP) is 7.01. The molecule has 0 aromatic heterocycles. The maximum atomic E-state index is 13.8. The van der Waals surface area contributed by atoms with Crippen LogP contribution in [0.4, 0.5) is 5.69 Å². The van der Waals surface area contributed by atoms with Gasteiger partial charge in [0.1, 0.15) is 11.4 Å². The molecule has 7 atom stereocenters. The van der Waals surface area contributed by atoms with E-state index < -0.39 is 16.3 Å². The number of ether oxygens (including phenoxy) is 4. The molecule has 1 aliphatic carbocycles. The Morgan fingerprint density at radius 2 is 1.81 bits per heavy atom. The van der Waals surface area contributed by atoms with Gasteiger partial charge in [-0.05, 0) is 84.9 Å². The summed E-state index contributed by atoms with van der Waals surface area (Å²) >= 11 is 6.53. The van der Waals surface area contributed by atoms with E-state index in [1.807, 2.05) is 25.3 Å². The normalized spacial score (nSPS) is 32.2. The molecule has 7 unspecified atom stereocenters. The van der Waals surface area contributed by atoms with Gasteiger partial charge in [0, 0.05) is 81.2 Å². The topological polar surface area (TPSA) is 75.7 Å². The molecule has 1 saturated carbocycles. The summed E-state index contributed by atoms with van der Waals surface area (Å²) in [7, 11) is 1.37. The molecule has 2 bridgehead atoms. The van der Waals surface area contributed by atoms with Gasteiger partial charge in [0.15, 0.2) is 6.29 Å². The molecular weight excluding hydrogens is 720 g/mol. The Kier molecular flexibility index (Phi) is 13.1. The minimum absolute atomic E-state index is 0.0789. The second-order valence-corrected chi connectivity index (χ2v) is 18.5. The summed E-state index contributed by atoms with van der Waals surface area (Å²) in [6.45, 7) is 16.0. The first-order chi connectivity index (χ1) is 26.2.